The van der Waals surface area contributed by atoms with Crippen molar-refractivity contribution in [3.05, 3.63) is 42.7 Å². The van der Waals surface area contributed by atoms with E-state index < -0.39 is 5.95 Å². The molecule has 1 aliphatic heterocycles. The second-order valence-corrected chi connectivity index (χ2v) is 9.16. The Morgan fingerprint density at radius 2 is 1.88 bits per heavy atom. The number of nitrogens with two attached hydrogens (primary N) is 1. The Hall–Kier alpha value is -2.80. The third kappa shape index (κ3) is 6.16. The van der Waals surface area contributed by atoms with Crippen LogP contribution in [0.1, 0.15) is 58.3 Å². The first-order valence-electron chi connectivity index (χ1n) is 12.3. The average molecular weight is 451 g/mol. The summed E-state index contributed by atoms with van der Waals surface area (Å²) in [5, 5.41) is 7.91. The van der Waals surface area contributed by atoms with Crippen LogP contribution in [-0.4, -0.2) is 34.1 Å². The number of nitrogens with one attached hydrogen (secondary N) is 2. The molecule has 6 nitrogen and oxygen atoms in total. The molecule has 0 spiro atoms. The lowest BCUT2D eigenvalue weighted by molar-refractivity contribution is 0.369. The molecule has 1 unspecified atom stereocenters. The van der Waals surface area contributed by atoms with Crippen molar-refractivity contribution < 1.29 is 4.39 Å². The quantitative estimate of drug-likeness (QED) is 0.451. The highest BCUT2D eigenvalue weighted by Gasteiger charge is 2.15. The van der Waals surface area contributed by atoms with E-state index >= 15 is 0 Å². The van der Waals surface area contributed by atoms with Crippen LogP contribution in [0.15, 0.2) is 36.8 Å². The number of pyridine rings is 1. The molecule has 1 saturated heterocycles. The minimum atomic E-state index is -0.646. The van der Waals surface area contributed by atoms with E-state index in [1.165, 1.54) is 70.7 Å². The van der Waals surface area contributed by atoms with Crippen LogP contribution in [0.25, 0.3) is 22.0 Å². The highest BCUT2D eigenvalue weighted by Crippen LogP contribution is 2.29. The Balaban J connectivity index is 0.000000275. The summed E-state index contributed by atoms with van der Waals surface area (Å²) in [5.41, 5.74) is 8.25. The van der Waals surface area contributed by atoms with Crippen molar-refractivity contribution in [2.45, 2.75) is 64.3 Å². The molecule has 2 aromatic heterocycles. The van der Waals surface area contributed by atoms with Crippen LogP contribution in [-0.2, 0) is 0 Å². The summed E-state index contributed by atoms with van der Waals surface area (Å²) in [6, 6.07) is 7.95. The SMILES string of the molecule is CCC1CCCNC1.Nc1cc(-c2ccc3ncnc(NC4CCCCC4)c3c2)cnc1F. The average Bonchev–Trinajstić information content (AvgIpc) is 2.87. The van der Waals surface area contributed by atoms with Gasteiger partial charge in [-0.1, -0.05) is 38.7 Å². The predicted octanol–water partition coefficient (Wildman–Crippen LogP) is 5.55. The number of anilines is 2. The Kier molecular flexibility index (Phi) is 8.05. The van der Waals surface area contributed by atoms with Gasteiger partial charge in [0.2, 0.25) is 5.95 Å². The topological polar surface area (TPSA) is 88.8 Å². The van der Waals surface area contributed by atoms with Crippen molar-refractivity contribution in [3.63, 3.8) is 0 Å². The van der Waals surface area contributed by atoms with Gasteiger partial charge in [0.15, 0.2) is 0 Å². The van der Waals surface area contributed by atoms with E-state index in [0.29, 0.717) is 6.04 Å². The summed E-state index contributed by atoms with van der Waals surface area (Å²) < 4.78 is 13.3. The van der Waals surface area contributed by atoms with Gasteiger partial charge in [0.1, 0.15) is 12.1 Å². The zero-order valence-electron chi connectivity index (χ0n) is 19.5. The highest BCUT2D eigenvalue weighted by atomic mass is 19.1. The van der Waals surface area contributed by atoms with Gasteiger partial charge in [0, 0.05) is 23.2 Å². The zero-order chi connectivity index (χ0) is 23.0. The fraction of sp³-hybridized carbons (Fsp3) is 0.500. The number of aromatic nitrogens is 3. The largest absolute Gasteiger partial charge is 0.395 e. The molecule has 1 aliphatic carbocycles. The molecule has 0 amide bonds. The second-order valence-electron chi connectivity index (χ2n) is 9.16. The maximum atomic E-state index is 13.3. The van der Waals surface area contributed by atoms with Crippen molar-refractivity contribution >= 4 is 22.4 Å². The Morgan fingerprint density at radius 1 is 1.03 bits per heavy atom. The lowest BCUT2D eigenvalue weighted by atomic mass is 9.95. The zero-order valence-corrected chi connectivity index (χ0v) is 19.5. The van der Waals surface area contributed by atoms with Crippen molar-refractivity contribution in [3.8, 4) is 11.1 Å². The van der Waals surface area contributed by atoms with Crippen LogP contribution in [0.2, 0.25) is 0 Å². The van der Waals surface area contributed by atoms with Gasteiger partial charge in [0.05, 0.1) is 11.2 Å². The van der Waals surface area contributed by atoms with E-state index in [4.69, 9.17) is 5.73 Å². The molecule has 2 fully saturated rings. The van der Waals surface area contributed by atoms with Crippen molar-refractivity contribution in [2.75, 3.05) is 24.1 Å². The number of halogens is 1. The third-order valence-electron chi connectivity index (χ3n) is 6.76. The molecular formula is C26H35FN6. The number of rotatable bonds is 4. The summed E-state index contributed by atoms with van der Waals surface area (Å²) in [7, 11) is 0. The molecule has 1 saturated carbocycles. The number of hydrogen-bond donors (Lipinski definition) is 3. The van der Waals surface area contributed by atoms with Crippen LogP contribution in [0.5, 0.6) is 0 Å². The Morgan fingerprint density at radius 3 is 2.58 bits per heavy atom. The summed E-state index contributed by atoms with van der Waals surface area (Å²) in [4.78, 5) is 12.5. The molecule has 0 bridgehead atoms. The smallest absolute Gasteiger partial charge is 0.236 e. The summed E-state index contributed by atoms with van der Waals surface area (Å²) in [5.74, 6) is 1.18. The Bertz CT molecular complexity index is 1040. The van der Waals surface area contributed by atoms with E-state index in [1.54, 1.807) is 12.4 Å². The number of nitrogens with zero attached hydrogens (tertiary/aromatic N) is 3. The van der Waals surface area contributed by atoms with Gasteiger partial charge in [-0.2, -0.15) is 4.39 Å². The van der Waals surface area contributed by atoms with Crippen LogP contribution in [0, 0.1) is 11.9 Å². The molecule has 1 aromatic carbocycles. The van der Waals surface area contributed by atoms with Gasteiger partial charge in [-0.15, -0.1) is 0 Å². The fourth-order valence-corrected chi connectivity index (χ4v) is 4.69. The lowest BCUT2D eigenvalue weighted by Crippen LogP contribution is -2.29. The van der Waals surface area contributed by atoms with E-state index in [9.17, 15) is 4.39 Å². The first kappa shape index (κ1) is 23.4. The lowest BCUT2D eigenvalue weighted by Gasteiger charge is -2.23. The predicted molar refractivity (Wildman–Crippen MR) is 134 cm³/mol. The van der Waals surface area contributed by atoms with E-state index in [1.807, 2.05) is 18.2 Å². The molecule has 33 heavy (non-hydrogen) atoms. The van der Waals surface area contributed by atoms with Crippen molar-refractivity contribution in [2.24, 2.45) is 5.92 Å². The van der Waals surface area contributed by atoms with Crippen molar-refractivity contribution in [1.82, 2.24) is 20.3 Å². The highest BCUT2D eigenvalue weighted by molar-refractivity contribution is 5.92. The molecule has 0 radical (unpaired) electrons. The monoisotopic (exact) mass is 450 g/mol. The summed E-state index contributed by atoms with van der Waals surface area (Å²) >= 11 is 0. The second kappa shape index (κ2) is 11.4. The number of piperidine rings is 1. The van der Waals surface area contributed by atoms with Crippen LogP contribution in [0.4, 0.5) is 15.9 Å². The number of fused-ring (bicyclic) bond motifs is 1. The van der Waals surface area contributed by atoms with Crippen LogP contribution in [0.3, 0.4) is 0 Å². The molecule has 176 valence electrons. The molecule has 3 heterocycles. The molecule has 7 heteroatoms. The summed E-state index contributed by atoms with van der Waals surface area (Å²) in [6.07, 6.45) is 13.4. The van der Waals surface area contributed by atoms with Crippen LogP contribution >= 0.6 is 0 Å². The number of benzene rings is 1. The van der Waals surface area contributed by atoms with Gasteiger partial charge < -0.3 is 16.4 Å². The van der Waals surface area contributed by atoms with Gasteiger partial charge in [0.25, 0.3) is 0 Å². The first-order chi connectivity index (χ1) is 16.1. The molecular weight excluding hydrogens is 415 g/mol. The van der Waals surface area contributed by atoms with Gasteiger partial charge >= 0.3 is 0 Å². The maximum absolute atomic E-state index is 13.3. The van der Waals surface area contributed by atoms with E-state index in [2.05, 4.69) is 32.5 Å². The summed E-state index contributed by atoms with van der Waals surface area (Å²) in [6.45, 7) is 4.78. The molecule has 4 N–H and O–H groups in total. The molecule has 2 aliphatic rings. The van der Waals surface area contributed by atoms with Crippen molar-refractivity contribution in [1.29, 1.82) is 0 Å². The fourth-order valence-electron chi connectivity index (χ4n) is 4.69. The van der Waals surface area contributed by atoms with Gasteiger partial charge in [-0.3, -0.25) is 0 Å². The minimum absolute atomic E-state index is 0.0439. The standard InChI is InChI=1S/C19H20FN5.C7H15N/c20-18-16(21)9-13(10-22-18)12-6-7-17-15(8-12)19(24-11-23-17)25-14-4-2-1-3-5-14;1-2-7-4-3-5-8-6-7/h6-11,14H,1-5,21H2,(H,23,24,25);7-8H,2-6H2,1H3. The maximum Gasteiger partial charge on any atom is 0.236 e. The Labute approximate surface area is 195 Å². The third-order valence-corrected chi connectivity index (χ3v) is 6.76. The first-order valence-corrected chi connectivity index (χ1v) is 12.3. The van der Waals surface area contributed by atoms with E-state index in [-0.39, 0.29) is 5.69 Å². The number of nitrogen functional groups attached to an aromatic ring is 1. The van der Waals surface area contributed by atoms with Gasteiger partial charge in [-0.05, 0) is 68.5 Å². The normalized spacial score (nSPS) is 19.0. The van der Waals surface area contributed by atoms with E-state index in [0.717, 1.165) is 33.8 Å². The molecule has 1 atom stereocenters. The van der Waals surface area contributed by atoms with Gasteiger partial charge in [-0.25, -0.2) is 15.0 Å². The minimum Gasteiger partial charge on any atom is -0.395 e. The van der Waals surface area contributed by atoms with Crippen LogP contribution < -0.4 is 16.4 Å². The number of hydrogen-bond acceptors (Lipinski definition) is 6. The molecule has 3 aromatic rings. The molecule has 5 rings (SSSR count).